The summed E-state index contributed by atoms with van der Waals surface area (Å²) in [5.74, 6) is -0.247. The molecule has 0 bridgehead atoms. The van der Waals surface area contributed by atoms with Gasteiger partial charge in [-0.15, -0.1) is 0 Å². The first-order valence-electron chi connectivity index (χ1n) is 12.3. The van der Waals surface area contributed by atoms with E-state index in [-0.39, 0.29) is 11.7 Å². The molecule has 1 atom stereocenters. The molecule has 0 saturated carbocycles. The molecule has 194 valence electrons. The number of ether oxygens (including phenoxy) is 3. The molecular formula is C28H36N2O6. The van der Waals surface area contributed by atoms with Crippen molar-refractivity contribution in [1.29, 1.82) is 0 Å². The van der Waals surface area contributed by atoms with E-state index in [1.165, 1.54) is 16.9 Å². The number of Topliss-reactive ketones (excluding diaryl/α,β-unsaturated/α-hetero) is 1. The Kier molecular flexibility index (Phi) is 8.98. The van der Waals surface area contributed by atoms with E-state index in [1.807, 2.05) is 34.9 Å². The van der Waals surface area contributed by atoms with Crippen LogP contribution in [0.4, 0.5) is 0 Å². The lowest BCUT2D eigenvalue weighted by molar-refractivity contribution is -0.858. The normalized spacial score (nSPS) is 17.2. The fraction of sp³-hybridized carbons (Fsp3) is 0.429. The monoisotopic (exact) mass is 496 g/mol. The van der Waals surface area contributed by atoms with Gasteiger partial charge >= 0.3 is 0 Å². The summed E-state index contributed by atoms with van der Waals surface area (Å²) in [6.07, 6.45) is 0.681. The molecule has 1 aliphatic heterocycles. The molecule has 0 aliphatic carbocycles. The number of quaternary nitrogens is 1. The van der Waals surface area contributed by atoms with Crippen LogP contribution in [0.2, 0.25) is 0 Å². The molecule has 3 rings (SSSR count). The van der Waals surface area contributed by atoms with E-state index in [1.54, 1.807) is 42.5 Å². The third-order valence-electron chi connectivity index (χ3n) is 5.90. The predicted octanol–water partition coefficient (Wildman–Crippen LogP) is 1.64. The Labute approximate surface area is 213 Å². The Balaban J connectivity index is 2.09. The fourth-order valence-corrected chi connectivity index (χ4v) is 4.29. The summed E-state index contributed by atoms with van der Waals surface area (Å²) in [5.41, 5.74) is 0.889. The average molecular weight is 497 g/mol. The Morgan fingerprint density at radius 2 is 1.78 bits per heavy atom. The highest BCUT2D eigenvalue weighted by atomic mass is 16.5. The maximum Gasteiger partial charge on any atom is 0.295 e. The quantitative estimate of drug-likeness (QED) is 0.289. The maximum absolute atomic E-state index is 13.6. The van der Waals surface area contributed by atoms with E-state index >= 15 is 0 Å². The molecule has 1 unspecified atom stereocenters. The van der Waals surface area contributed by atoms with Gasteiger partial charge in [0, 0.05) is 18.5 Å². The van der Waals surface area contributed by atoms with Crippen LogP contribution >= 0.6 is 0 Å². The molecule has 0 spiro atoms. The Morgan fingerprint density at radius 1 is 1.08 bits per heavy atom. The highest BCUT2D eigenvalue weighted by Gasteiger charge is 2.44. The highest BCUT2D eigenvalue weighted by molar-refractivity contribution is 6.46. The van der Waals surface area contributed by atoms with E-state index < -0.39 is 23.5 Å². The van der Waals surface area contributed by atoms with Gasteiger partial charge in [-0.3, -0.25) is 9.59 Å². The number of methoxy groups -OCH3 is 1. The molecule has 1 aliphatic rings. The third kappa shape index (κ3) is 5.99. The number of hydrogen-bond acceptors (Lipinski definition) is 6. The number of amides is 1. The lowest BCUT2D eigenvalue weighted by atomic mass is 9.95. The number of hydrogen-bond donors (Lipinski definition) is 1. The van der Waals surface area contributed by atoms with Gasteiger partial charge in [0.15, 0.2) is 11.5 Å². The number of carbonyl (C=O) groups excluding carboxylic acids is 2. The van der Waals surface area contributed by atoms with Crippen LogP contribution in [-0.2, 0) is 9.59 Å². The van der Waals surface area contributed by atoms with E-state index in [0.717, 1.165) is 6.54 Å². The number of nitrogens with one attached hydrogen (secondary N) is 1. The van der Waals surface area contributed by atoms with E-state index in [0.29, 0.717) is 47.9 Å². The van der Waals surface area contributed by atoms with Gasteiger partial charge in [0.1, 0.15) is 5.75 Å². The molecule has 0 aromatic heterocycles. The number of carbonyl (C=O) groups is 2. The number of benzene rings is 2. The predicted molar refractivity (Wildman–Crippen MR) is 135 cm³/mol. The van der Waals surface area contributed by atoms with E-state index in [9.17, 15) is 14.7 Å². The van der Waals surface area contributed by atoms with Gasteiger partial charge in [0.2, 0.25) is 5.78 Å². The van der Waals surface area contributed by atoms with Crippen LogP contribution in [0.5, 0.6) is 17.2 Å². The molecule has 36 heavy (non-hydrogen) atoms. The van der Waals surface area contributed by atoms with Crippen molar-refractivity contribution in [3.05, 3.63) is 59.2 Å². The van der Waals surface area contributed by atoms with Gasteiger partial charge in [-0.25, -0.2) is 0 Å². The van der Waals surface area contributed by atoms with Gasteiger partial charge in [0.25, 0.3) is 5.91 Å². The molecule has 1 saturated heterocycles. The average Bonchev–Trinajstić information content (AvgIpc) is 3.09. The lowest BCUT2D eigenvalue weighted by Crippen LogP contribution is -3.05. The van der Waals surface area contributed by atoms with Crippen molar-refractivity contribution in [3.63, 3.8) is 0 Å². The zero-order valence-electron chi connectivity index (χ0n) is 21.9. The molecule has 1 amide bonds. The van der Waals surface area contributed by atoms with Crippen molar-refractivity contribution in [2.45, 2.75) is 39.3 Å². The van der Waals surface area contributed by atoms with Crippen LogP contribution in [-0.4, -0.2) is 63.6 Å². The van der Waals surface area contributed by atoms with Gasteiger partial charge in [-0.2, -0.15) is 0 Å². The number of nitrogens with zero attached hydrogens (tertiary/aromatic N) is 1. The molecule has 8 nitrogen and oxygen atoms in total. The first-order chi connectivity index (χ1) is 17.2. The molecular weight excluding hydrogens is 460 g/mol. The highest BCUT2D eigenvalue weighted by Crippen LogP contribution is 2.41. The second-order valence-electron chi connectivity index (χ2n) is 9.32. The zero-order valence-corrected chi connectivity index (χ0v) is 21.9. The molecule has 8 heteroatoms. The minimum absolute atomic E-state index is 0.00783. The minimum atomic E-state index is -0.814. The third-order valence-corrected chi connectivity index (χ3v) is 5.90. The summed E-state index contributed by atoms with van der Waals surface area (Å²) in [6, 6.07) is 11.1. The lowest BCUT2D eigenvalue weighted by Gasteiger charge is -2.28. The van der Waals surface area contributed by atoms with Gasteiger partial charge < -0.3 is 29.1 Å². The smallest absolute Gasteiger partial charge is 0.295 e. The zero-order chi connectivity index (χ0) is 26.4. The molecule has 1 heterocycles. The summed E-state index contributed by atoms with van der Waals surface area (Å²) in [6.45, 7) is 7.34. The van der Waals surface area contributed by atoms with Crippen molar-refractivity contribution >= 4 is 17.4 Å². The van der Waals surface area contributed by atoms with Crippen molar-refractivity contribution in [2.24, 2.45) is 0 Å². The van der Waals surface area contributed by atoms with Gasteiger partial charge in [-0.05, 0) is 56.2 Å². The summed E-state index contributed by atoms with van der Waals surface area (Å²) >= 11 is 0. The summed E-state index contributed by atoms with van der Waals surface area (Å²) in [4.78, 5) is 29.1. The molecule has 0 radical (unpaired) electrons. The Morgan fingerprint density at radius 3 is 2.36 bits per heavy atom. The van der Waals surface area contributed by atoms with Crippen molar-refractivity contribution in [3.8, 4) is 17.2 Å². The fourth-order valence-electron chi connectivity index (χ4n) is 4.29. The molecule has 1 N–H and O–H groups in total. The van der Waals surface area contributed by atoms with Crippen molar-refractivity contribution < 1.29 is 33.8 Å². The SMILES string of the molecule is CCOc1ccc(C2/C(=C(\[O-])c3ccc(OC(C)C)cc3)C(=O)C(=O)N2CCC[NH+](C)C)cc1OC. The molecule has 2 aromatic rings. The topological polar surface area (TPSA) is 92.6 Å². The summed E-state index contributed by atoms with van der Waals surface area (Å²) in [5, 5.41) is 13.6. The molecule has 2 aromatic carbocycles. The summed E-state index contributed by atoms with van der Waals surface area (Å²) in [7, 11) is 5.58. The van der Waals surface area contributed by atoms with Crippen LogP contribution in [0.3, 0.4) is 0 Å². The van der Waals surface area contributed by atoms with Crippen LogP contribution < -0.4 is 24.2 Å². The van der Waals surface area contributed by atoms with Gasteiger partial charge in [0.05, 0.1) is 46.5 Å². The number of likely N-dealkylation sites (tertiary alicyclic amines) is 1. The van der Waals surface area contributed by atoms with Crippen LogP contribution in [0, 0.1) is 0 Å². The first kappa shape index (κ1) is 27.1. The van der Waals surface area contributed by atoms with E-state index in [4.69, 9.17) is 14.2 Å². The Bertz CT molecular complexity index is 1110. The first-order valence-corrected chi connectivity index (χ1v) is 12.3. The summed E-state index contributed by atoms with van der Waals surface area (Å²) < 4.78 is 16.8. The number of ketones is 1. The molecule has 1 fully saturated rings. The van der Waals surface area contributed by atoms with Crippen LogP contribution in [0.1, 0.15) is 44.4 Å². The van der Waals surface area contributed by atoms with Crippen molar-refractivity contribution in [1.82, 2.24) is 4.90 Å². The Hall–Kier alpha value is -3.52. The standard InChI is InChI=1S/C28H36N2O6/c1-7-35-22-14-11-20(17-23(22)34-6)25-24(27(32)28(33)30(25)16-8-15-29(4)5)26(31)19-9-12-21(13-10-19)36-18(2)3/h9-14,17-18,25,31H,7-8,15-16H2,1-6H3/b26-24+. The number of rotatable bonds is 11. The largest absolute Gasteiger partial charge is 0.872 e. The van der Waals surface area contributed by atoms with Crippen LogP contribution in [0.25, 0.3) is 5.76 Å². The second kappa shape index (κ2) is 11.9. The minimum Gasteiger partial charge on any atom is -0.872 e. The van der Waals surface area contributed by atoms with Crippen LogP contribution in [0.15, 0.2) is 48.0 Å². The van der Waals surface area contributed by atoms with Crippen molar-refractivity contribution in [2.75, 3.05) is 40.9 Å². The maximum atomic E-state index is 13.6. The van der Waals surface area contributed by atoms with E-state index in [2.05, 4.69) is 0 Å². The second-order valence-corrected chi connectivity index (χ2v) is 9.32. The van der Waals surface area contributed by atoms with Gasteiger partial charge in [-0.1, -0.05) is 24.0 Å².